The van der Waals surface area contributed by atoms with Crippen LogP contribution >= 0.6 is 0 Å². The highest BCUT2D eigenvalue weighted by atomic mass is 16.7. The van der Waals surface area contributed by atoms with Crippen molar-refractivity contribution in [2.75, 3.05) is 6.61 Å². The lowest BCUT2D eigenvalue weighted by Gasteiger charge is -2.45. The number of esters is 3. The van der Waals surface area contributed by atoms with Crippen LogP contribution < -0.4 is 5.32 Å². The first-order valence-corrected chi connectivity index (χ1v) is 7.99. The van der Waals surface area contributed by atoms with Crippen LogP contribution in [0.15, 0.2) is 0 Å². The highest BCUT2D eigenvalue weighted by Crippen LogP contribution is 2.27. The van der Waals surface area contributed by atoms with Gasteiger partial charge in [0.15, 0.2) is 18.5 Å². The van der Waals surface area contributed by atoms with Crippen molar-refractivity contribution < 1.29 is 38.4 Å². The van der Waals surface area contributed by atoms with Gasteiger partial charge in [-0.15, -0.1) is 0 Å². The summed E-state index contributed by atoms with van der Waals surface area (Å²) in [6.07, 6.45) is -4.42. The summed E-state index contributed by atoms with van der Waals surface area (Å²) in [6, 6.07) is -0.846. The number of carbonyl (C=O) groups is 3. The molecule has 5 atom stereocenters. The summed E-state index contributed by atoms with van der Waals surface area (Å²) >= 11 is 0. The molecule has 9 nitrogen and oxygen atoms in total. The number of carbonyl (C=O) groups excluding carboxylic acids is 3. The lowest BCUT2D eigenvalue weighted by atomic mass is 9.94. The minimum atomic E-state index is -1.36. The normalized spacial score (nSPS) is 29.6. The van der Waals surface area contributed by atoms with Gasteiger partial charge >= 0.3 is 17.9 Å². The minimum Gasteiger partial charge on any atom is -0.463 e. The molecule has 1 heterocycles. The van der Waals surface area contributed by atoms with Gasteiger partial charge in [0, 0.05) is 26.3 Å². The fourth-order valence-electron chi connectivity index (χ4n) is 2.57. The molecule has 0 aromatic carbocycles. The Kier molecular flexibility index (Phi) is 7.33. The number of nitrogens with one attached hydrogen (secondary N) is 1. The van der Waals surface area contributed by atoms with E-state index >= 15 is 0 Å². The Morgan fingerprint density at radius 3 is 1.96 bits per heavy atom. The highest BCUT2D eigenvalue weighted by Gasteiger charge is 2.50. The van der Waals surface area contributed by atoms with Crippen LogP contribution in [0.4, 0.5) is 0 Å². The van der Waals surface area contributed by atoms with Gasteiger partial charge in [-0.2, -0.15) is 0 Å². The van der Waals surface area contributed by atoms with Crippen LogP contribution in [-0.4, -0.2) is 65.8 Å². The molecule has 0 aromatic heterocycles. The molecule has 25 heavy (non-hydrogen) atoms. The van der Waals surface area contributed by atoms with Crippen LogP contribution in [0.25, 0.3) is 0 Å². The topological polar surface area (TPSA) is 120 Å². The lowest BCUT2D eigenvalue weighted by molar-refractivity contribution is -0.267. The van der Waals surface area contributed by atoms with Crippen molar-refractivity contribution in [2.24, 2.45) is 0 Å². The third-order valence-corrected chi connectivity index (χ3v) is 3.32. The molecule has 1 aliphatic rings. The van der Waals surface area contributed by atoms with E-state index in [1.54, 1.807) is 0 Å². The molecule has 0 spiro atoms. The largest absolute Gasteiger partial charge is 0.463 e. The summed E-state index contributed by atoms with van der Waals surface area (Å²) < 4.78 is 20.9. The molecule has 9 heteroatoms. The third kappa shape index (κ3) is 6.97. The number of ether oxygens (including phenoxy) is 4. The molecule has 0 aromatic rings. The zero-order valence-corrected chi connectivity index (χ0v) is 15.4. The molecule has 0 unspecified atom stereocenters. The van der Waals surface area contributed by atoms with Crippen molar-refractivity contribution in [1.82, 2.24) is 5.32 Å². The summed E-state index contributed by atoms with van der Waals surface area (Å²) in [7, 11) is 0. The van der Waals surface area contributed by atoms with Crippen LogP contribution in [0.3, 0.4) is 0 Å². The Bertz CT molecular complexity index is 501. The average molecular weight is 361 g/mol. The third-order valence-electron chi connectivity index (χ3n) is 3.32. The standard InChI is InChI=1S/C16H27NO8/c1-8(18)22-7-11-13(23-9(2)19)14(24-10(3)20)12(15(21)25-11)17-16(4,5)6/h11-15,17,21H,7H2,1-6H3/t11-,12-,13-,14-,15-/m1/s1. The molecule has 1 rings (SSSR count). The lowest BCUT2D eigenvalue weighted by Crippen LogP contribution is -2.67. The van der Waals surface area contributed by atoms with E-state index in [2.05, 4.69) is 5.32 Å². The maximum absolute atomic E-state index is 11.5. The van der Waals surface area contributed by atoms with Crippen molar-refractivity contribution >= 4 is 17.9 Å². The molecule has 0 aliphatic carbocycles. The summed E-state index contributed by atoms with van der Waals surface area (Å²) in [6.45, 7) is 8.94. The van der Waals surface area contributed by atoms with E-state index in [0.29, 0.717) is 0 Å². The number of aliphatic hydroxyl groups is 1. The van der Waals surface area contributed by atoms with E-state index in [0.717, 1.165) is 0 Å². The monoisotopic (exact) mass is 361 g/mol. The van der Waals surface area contributed by atoms with E-state index in [-0.39, 0.29) is 6.61 Å². The van der Waals surface area contributed by atoms with Gasteiger partial charge in [0.1, 0.15) is 12.7 Å². The van der Waals surface area contributed by atoms with E-state index in [1.807, 2.05) is 20.8 Å². The van der Waals surface area contributed by atoms with Crippen LogP contribution in [0.1, 0.15) is 41.5 Å². The van der Waals surface area contributed by atoms with E-state index < -0.39 is 54.1 Å². The molecule has 0 bridgehead atoms. The van der Waals surface area contributed by atoms with Gasteiger partial charge in [0.2, 0.25) is 0 Å². The van der Waals surface area contributed by atoms with Gasteiger partial charge in [0.25, 0.3) is 0 Å². The quantitative estimate of drug-likeness (QED) is 0.510. The van der Waals surface area contributed by atoms with Crippen LogP contribution in [0.2, 0.25) is 0 Å². The molecule has 0 saturated carbocycles. The van der Waals surface area contributed by atoms with Crippen molar-refractivity contribution in [2.45, 2.75) is 77.7 Å². The van der Waals surface area contributed by atoms with Gasteiger partial charge in [-0.05, 0) is 20.8 Å². The second-order valence-electron chi connectivity index (χ2n) is 6.94. The number of rotatable bonds is 5. The average Bonchev–Trinajstić information content (AvgIpc) is 2.41. The maximum Gasteiger partial charge on any atom is 0.303 e. The number of hydrogen-bond acceptors (Lipinski definition) is 9. The van der Waals surface area contributed by atoms with Gasteiger partial charge in [0.05, 0.1) is 6.04 Å². The Balaban J connectivity index is 3.14. The smallest absolute Gasteiger partial charge is 0.303 e. The number of aliphatic hydroxyl groups excluding tert-OH is 1. The Morgan fingerprint density at radius 1 is 1.00 bits per heavy atom. The first kappa shape index (κ1) is 21.3. The summed E-state index contributed by atoms with van der Waals surface area (Å²) in [5.74, 6) is -1.79. The second kappa shape index (κ2) is 8.59. The van der Waals surface area contributed by atoms with Crippen molar-refractivity contribution in [3.8, 4) is 0 Å². The van der Waals surface area contributed by atoms with Gasteiger partial charge in [-0.1, -0.05) is 0 Å². The second-order valence-corrected chi connectivity index (χ2v) is 6.94. The molecular formula is C16H27NO8. The Hall–Kier alpha value is -1.71. The molecule has 0 radical (unpaired) electrons. The van der Waals surface area contributed by atoms with Crippen LogP contribution in [-0.2, 0) is 33.3 Å². The van der Waals surface area contributed by atoms with Crippen molar-refractivity contribution in [3.63, 3.8) is 0 Å². The van der Waals surface area contributed by atoms with Gasteiger partial charge in [-0.25, -0.2) is 0 Å². The maximum atomic E-state index is 11.5. The zero-order valence-electron chi connectivity index (χ0n) is 15.4. The van der Waals surface area contributed by atoms with Crippen LogP contribution in [0, 0.1) is 0 Å². The van der Waals surface area contributed by atoms with E-state index in [4.69, 9.17) is 18.9 Å². The molecule has 1 saturated heterocycles. The first-order chi connectivity index (χ1) is 11.4. The predicted octanol–water partition coefficient (Wildman–Crippen LogP) is -0.113. The van der Waals surface area contributed by atoms with Crippen molar-refractivity contribution in [1.29, 1.82) is 0 Å². The molecule has 1 fully saturated rings. The van der Waals surface area contributed by atoms with Gasteiger partial charge < -0.3 is 29.4 Å². The summed E-state index contributed by atoms with van der Waals surface area (Å²) in [5.41, 5.74) is -0.448. The summed E-state index contributed by atoms with van der Waals surface area (Å²) in [5, 5.41) is 13.4. The fraction of sp³-hybridized carbons (Fsp3) is 0.812. The SMILES string of the molecule is CC(=O)OC[C@H]1O[C@@H](O)[C@H](NC(C)(C)C)[C@@H](OC(C)=O)[C@@H]1OC(C)=O. The zero-order chi connectivity index (χ0) is 19.4. The molecule has 2 N–H and O–H groups in total. The van der Waals surface area contributed by atoms with Crippen LogP contribution in [0.5, 0.6) is 0 Å². The number of hydrogen-bond donors (Lipinski definition) is 2. The Morgan fingerprint density at radius 2 is 1.52 bits per heavy atom. The van der Waals surface area contributed by atoms with Crippen molar-refractivity contribution in [3.05, 3.63) is 0 Å². The van der Waals surface area contributed by atoms with Gasteiger partial charge in [-0.3, -0.25) is 14.4 Å². The van der Waals surface area contributed by atoms with E-state index in [1.165, 1.54) is 20.8 Å². The summed E-state index contributed by atoms with van der Waals surface area (Å²) in [4.78, 5) is 34.1. The predicted molar refractivity (Wildman–Crippen MR) is 85.3 cm³/mol. The minimum absolute atomic E-state index is 0.260. The molecular weight excluding hydrogens is 334 g/mol. The first-order valence-electron chi connectivity index (χ1n) is 7.99. The molecule has 0 amide bonds. The fourth-order valence-corrected chi connectivity index (χ4v) is 2.57. The van der Waals surface area contributed by atoms with E-state index in [9.17, 15) is 19.5 Å². The highest BCUT2D eigenvalue weighted by molar-refractivity contribution is 5.68. The molecule has 144 valence electrons. The molecule has 1 aliphatic heterocycles. The Labute approximate surface area is 146 Å².